The molecule has 0 saturated heterocycles. The molecule has 2 rings (SSSR count). The average molecular weight is 287 g/mol. The Labute approximate surface area is 113 Å². The van der Waals surface area contributed by atoms with Crippen molar-refractivity contribution in [3.63, 3.8) is 0 Å². The van der Waals surface area contributed by atoms with Gasteiger partial charge in [-0.3, -0.25) is 9.78 Å². The second kappa shape index (κ2) is 5.05. The summed E-state index contributed by atoms with van der Waals surface area (Å²) in [5, 5.41) is 1.30. The molecule has 0 bridgehead atoms. The van der Waals surface area contributed by atoms with Crippen LogP contribution in [-0.4, -0.2) is 11.3 Å². The molecular formula is C12H6Cl3NO. The predicted octanol–water partition coefficient (Wildman–Crippen LogP) is 4.52. The van der Waals surface area contributed by atoms with E-state index in [1.807, 2.05) is 0 Å². The lowest BCUT2D eigenvalue weighted by molar-refractivity contribution is 0.112. The molecule has 0 unspecified atom stereocenters. The van der Waals surface area contributed by atoms with Gasteiger partial charge in [0.1, 0.15) is 0 Å². The number of nitrogens with zero attached hydrogens (tertiary/aromatic N) is 1. The Morgan fingerprint density at radius 3 is 2.35 bits per heavy atom. The van der Waals surface area contributed by atoms with Crippen LogP contribution in [0.5, 0.6) is 0 Å². The van der Waals surface area contributed by atoms with E-state index in [4.69, 9.17) is 34.8 Å². The number of benzene rings is 1. The normalized spacial score (nSPS) is 10.3. The zero-order valence-electron chi connectivity index (χ0n) is 8.45. The van der Waals surface area contributed by atoms with Gasteiger partial charge in [-0.15, -0.1) is 0 Å². The third-order valence-corrected chi connectivity index (χ3v) is 3.22. The molecule has 0 N–H and O–H groups in total. The third kappa shape index (κ3) is 2.60. The van der Waals surface area contributed by atoms with Crippen LogP contribution >= 0.6 is 34.8 Å². The Morgan fingerprint density at radius 1 is 1.00 bits per heavy atom. The minimum absolute atomic E-state index is 0.396. The molecule has 0 aliphatic rings. The molecule has 5 heteroatoms. The molecule has 0 atom stereocenters. The fourth-order valence-corrected chi connectivity index (χ4v) is 1.95. The second-order valence-electron chi connectivity index (χ2n) is 3.35. The zero-order valence-corrected chi connectivity index (χ0v) is 10.7. The lowest BCUT2D eigenvalue weighted by atomic mass is 10.1. The highest BCUT2D eigenvalue weighted by atomic mass is 35.5. The number of aromatic nitrogens is 1. The van der Waals surface area contributed by atoms with Gasteiger partial charge in [0, 0.05) is 17.3 Å². The number of halogens is 3. The summed E-state index contributed by atoms with van der Waals surface area (Å²) in [5.41, 5.74) is 1.75. The molecule has 0 spiro atoms. The summed E-state index contributed by atoms with van der Waals surface area (Å²) >= 11 is 17.8. The quantitative estimate of drug-likeness (QED) is 0.760. The van der Waals surface area contributed by atoms with Gasteiger partial charge in [-0.2, -0.15) is 0 Å². The maximum atomic E-state index is 10.6. The molecule has 0 saturated carbocycles. The molecule has 0 aliphatic carbocycles. The standard InChI is InChI=1S/C12H6Cl3NO/c13-9-2-1-8(4-10(9)14)12-11(15)3-7(6-17)5-16-12/h1-6H. The van der Waals surface area contributed by atoms with E-state index in [1.165, 1.54) is 6.20 Å². The summed E-state index contributed by atoms with van der Waals surface area (Å²) in [6, 6.07) is 6.67. The van der Waals surface area contributed by atoms with E-state index >= 15 is 0 Å². The summed E-state index contributed by atoms with van der Waals surface area (Å²) < 4.78 is 0. The first kappa shape index (κ1) is 12.4. The maximum Gasteiger partial charge on any atom is 0.151 e. The van der Waals surface area contributed by atoms with Crippen LogP contribution in [0.4, 0.5) is 0 Å². The van der Waals surface area contributed by atoms with Crippen molar-refractivity contribution in [2.24, 2.45) is 0 Å². The number of aldehydes is 1. The largest absolute Gasteiger partial charge is 0.298 e. The van der Waals surface area contributed by atoms with Gasteiger partial charge < -0.3 is 0 Å². The van der Waals surface area contributed by atoms with Crippen molar-refractivity contribution in [1.82, 2.24) is 4.98 Å². The Balaban J connectivity index is 2.52. The van der Waals surface area contributed by atoms with E-state index in [0.717, 1.165) is 5.56 Å². The molecule has 0 fully saturated rings. The minimum atomic E-state index is 0.396. The number of hydrogen-bond donors (Lipinski definition) is 0. The summed E-state index contributed by atoms with van der Waals surface area (Å²) in [5.74, 6) is 0. The molecule has 86 valence electrons. The molecule has 0 radical (unpaired) electrons. The van der Waals surface area contributed by atoms with Gasteiger partial charge in [-0.1, -0.05) is 40.9 Å². The van der Waals surface area contributed by atoms with Gasteiger partial charge in [0.2, 0.25) is 0 Å². The SMILES string of the molecule is O=Cc1cnc(-c2ccc(Cl)c(Cl)c2)c(Cl)c1. The smallest absolute Gasteiger partial charge is 0.151 e. The first-order valence-corrected chi connectivity index (χ1v) is 5.81. The monoisotopic (exact) mass is 285 g/mol. The topological polar surface area (TPSA) is 30.0 Å². The van der Waals surface area contributed by atoms with Gasteiger partial charge in [0.05, 0.1) is 20.8 Å². The van der Waals surface area contributed by atoms with Gasteiger partial charge in [-0.25, -0.2) is 0 Å². The van der Waals surface area contributed by atoms with Gasteiger partial charge >= 0.3 is 0 Å². The Kier molecular flexibility index (Phi) is 3.67. The van der Waals surface area contributed by atoms with E-state index < -0.39 is 0 Å². The molecule has 2 nitrogen and oxygen atoms in total. The maximum absolute atomic E-state index is 10.6. The highest BCUT2D eigenvalue weighted by Crippen LogP contribution is 2.31. The average Bonchev–Trinajstić information content (AvgIpc) is 2.32. The van der Waals surface area contributed by atoms with Crippen LogP contribution in [0.15, 0.2) is 30.5 Å². The summed E-state index contributed by atoms with van der Waals surface area (Å²) in [6.07, 6.45) is 2.15. The highest BCUT2D eigenvalue weighted by molar-refractivity contribution is 6.42. The molecular weight excluding hydrogens is 280 g/mol. The van der Waals surface area contributed by atoms with E-state index in [1.54, 1.807) is 24.3 Å². The molecule has 1 heterocycles. The van der Waals surface area contributed by atoms with Crippen LogP contribution in [0.2, 0.25) is 15.1 Å². The van der Waals surface area contributed by atoms with Crippen molar-refractivity contribution in [1.29, 1.82) is 0 Å². The molecule has 17 heavy (non-hydrogen) atoms. The number of carbonyl (C=O) groups is 1. The predicted molar refractivity (Wildman–Crippen MR) is 70.1 cm³/mol. The third-order valence-electron chi connectivity index (χ3n) is 2.19. The van der Waals surface area contributed by atoms with E-state index in [0.29, 0.717) is 32.6 Å². The van der Waals surface area contributed by atoms with Crippen LogP contribution in [0.1, 0.15) is 10.4 Å². The lowest BCUT2D eigenvalue weighted by Gasteiger charge is -2.05. The Hall–Kier alpha value is -1.09. The fourth-order valence-electron chi connectivity index (χ4n) is 1.37. The van der Waals surface area contributed by atoms with Crippen molar-refractivity contribution in [2.75, 3.05) is 0 Å². The number of rotatable bonds is 2. The highest BCUT2D eigenvalue weighted by Gasteiger charge is 2.08. The summed E-state index contributed by atoms with van der Waals surface area (Å²) in [7, 11) is 0. The first-order valence-electron chi connectivity index (χ1n) is 4.68. The van der Waals surface area contributed by atoms with Crippen molar-refractivity contribution < 1.29 is 4.79 Å². The fraction of sp³-hybridized carbons (Fsp3) is 0. The van der Waals surface area contributed by atoms with Gasteiger partial charge in [0.25, 0.3) is 0 Å². The van der Waals surface area contributed by atoms with Crippen LogP contribution in [0.3, 0.4) is 0 Å². The van der Waals surface area contributed by atoms with Crippen molar-refractivity contribution in [3.05, 3.63) is 51.1 Å². The van der Waals surface area contributed by atoms with Crippen LogP contribution < -0.4 is 0 Å². The molecule has 0 aliphatic heterocycles. The zero-order chi connectivity index (χ0) is 12.4. The van der Waals surface area contributed by atoms with Crippen molar-refractivity contribution in [3.8, 4) is 11.3 Å². The number of hydrogen-bond acceptors (Lipinski definition) is 2. The van der Waals surface area contributed by atoms with E-state index in [-0.39, 0.29) is 0 Å². The first-order chi connectivity index (χ1) is 8.11. The molecule has 2 aromatic rings. The minimum Gasteiger partial charge on any atom is -0.298 e. The molecule has 1 aromatic heterocycles. The summed E-state index contributed by atoms with van der Waals surface area (Å²) in [4.78, 5) is 14.7. The van der Waals surface area contributed by atoms with Crippen molar-refractivity contribution in [2.45, 2.75) is 0 Å². The Bertz CT molecular complexity index is 584. The van der Waals surface area contributed by atoms with Crippen LogP contribution in [-0.2, 0) is 0 Å². The van der Waals surface area contributed by atoms with Crippen LogP contribution in [0.25, 0.3) is 11.3 Å². The van der Waals surface area contributed by atoms with E-state index in [9.17, 15) is 4.79 Å². The summed E-state index contributed by atoms with van der Waals surface area (Å²) in [6.45, 7) is 0. The molecule has 1 aromatic carbocycles. The lowest BCUT2D eigenvalue weighted by Crippen LogP contribution is -1.89. The second-order valence-corrected chi connectivity index (χ2v) is 4.57. The van der Waals surface area contributed by atoms with Gasteiger partial charge in [0.15, 0.2) is 6.29 Å². The number of carbonyl (C=O) groups excluding carboxylic acids is 1. The van der Waals surface area contributed by atoms with Gasteiger partial charge in [-0.05, 0) is 18.2 Å². The Morgan fingerprint density at radius 2 is 1.76 bits per heavy atom. The molecule has 0 amide bonds. The van der Waals surface area contributed by atoms with E-state index in [2.05, 4.69) is 4.98 Å². The van der Waals surface area contributed by atoms with Crippen LogP contribution in [0, 0.1) is 0 Å². The number of pyridine rings is 1. The van der Waals surface area contributed by atoms with Crippen molar-refractivity contribution >= 4 is 41.1 Å².